The zero-order valence-corrected chi connectivity index (χ0v) is 10.7. The van der Waals surface area contributed by atoms with Crippen LogP contribution in [0.2, 0.25) is 5.15 Å². The van der Waals surface area contributed by atoms with E-state index in [1.165, 1.54) is 6.33 Å². The third-order valence-corrected chi connectivity index (χ3v) is 2.46. The van der Waals surface area contributed by atoms with E-state index in [4.69, 9.17) is 21.1 Å². The molecule has 0 bridgehead atoms. The van der Waals surface area contributed by atoms with Crippen LogP contribution in [0, 0.1) is 0 Å². The summed E-state index contributed by atoms with van der Waals surface area (Å²) in [6, 6.07) is 7.09. The van der Waals surface area contributed by atoms with Crippen LogP contribution in [0.5, 0.6) is 11.5 Å². The van der Waals surface area contributed by atoms with Crippen molar-refractivity contribution < 1.29 is 9.47 Å². The monoisotopic (exact) mass is 265 g/mol. The van der Waals surface area contributed by atoms with Crippen LogP contribution in [0.15, 0.2) is 30.6 Å². The van der Waals surface area contributed by atoms with Crippen LogP contribution >= 0.6 is 11.6 Å². The minimum atomic E-state index is 0.377. The molecule has 0 amide bonds. The highest BCUT2D eigenvalue weighted by Gasteiger charge is 2.03. The first-order chi connectivity index (χ1) is 8.71. The highest BCUT2D eigenvalue weighted by Crippen LogP contribution is 2.27. The molecule has 0 aliphatic rings. The summed E-state index contributed by atoms with van der Waals surface area (Å²) in [5, 5.41) is 3.48. The van der Waals surface area contributed by atoms with Gasteiger partial charge in [0, 0.05) is 30.0 Å². The molecule has 0 spiro atoms. The van der Waals surface area contributed by atoms with Gasteiger partial charge in [-0.25, -0.2) is 9.97 Å². The first-order valence-corrected chi connectivity index (χ1v) is 5.56. The van der Waals surface area contributed by atoms with Gasteiger partial charge in [-0.15, -0.1) is 0 Å². The molecular weight excluding hydrogens is 254 g/mol. The summed E-state index contributed by atoms with van der Waals surface area (Å²) in [5.41, 5.74) is 0.793. The van der Waals surface area contributed by atoms with Gasteiger partial charge in [-0.2, -0.15) is 0 Å². The quantitative estimate of drug-likeness (QED) is 0.862. The predicted molar refractivity (Wildman–Crippen MR) is 69.9 cm³/mol. The average Bonchev–Trinajstić information content (AvgIpc) is 2.38. The summed E-state index contributed by atoms with van der Waals surface area (Å²) < 4.78 is 10.4. The van der Waals surface area contributed by atoms with Crippen LogP contribution in [0.25, 0.3) is 0 Å². The van der Waals surface area contributed by atoms with E-state index in [9.17, 15) is 0 Å². The van der Waals surface area contributed by atoms with Gasteiger partial charge in [-0.05, 0) is 0 Å². The SMILES string of the molecule is COc1cc(Nc2cc(Cl)ncn2)cc(OC)c1. The lowest BCUT2D eigenvalue weighted by Gasteiger charge is -2.10. The van der Waals surface area contributed by atoms with Crippen LogP contribution in [0.4, 0.5) is 11.5 Å². The number of hydrogen-bond donors (Lipinski definition) is 1. The largest absolute Gasteiger partial charge is 0.497 e. The smallest absolute Gasteiger partial charge is 0.135 e. The Morgan fingerprint density at radius 1 is 1.00 bits per heavy atom. The number of halogens is 1. The number of ether oxygens (including phenoxy) is 2. The molecule has 0 fully saturated rings. The highest BCUT2D eigenvalue weighted by molar-refractivity contribution is 6.29. The Hall–Kier alpha value is -2.01. The Balaban J connectivity index is 2.28. The standard InChI is InChI=1S/C12H12ClN3O2/c1-17-9-3-8(4-10(5-9)18-2)16-12-6-11(13)14-7-15-12/h3-7H,1-2H3,(H,14,15,16). The van der Waals surface area contributed by atoms with Gasteiger partial charge in [0.25, 0.3) is 0 Å². The van der Waals surface area contributed by atoms with Crippen molar-refractivity contribution in [1.29, 1.82) is 0 Å². The van der Waals surface area contributed by atoms with Crippen LogP contribution in [0.3, 0.4) is 0 Å². The number of aromatic nitrogens is 2. The van der Waals surface area contributed by atoms with E-state index in [1.807, 2.05) is 12.1 Å². The van der Waals surface area contributed by atoms with Crippen molar-refractivity contribution in [3.8, 4) is 11.5 Å². The first-order valence-electron chi connectivity index (χ1n) is 5.19. The molecule has 1 aromatic carbocycles. The lowest BCUT2D eigenvalue weighted by atomic mass is 10.2. The molecule has 0 unspecified atom stereocenters. The second-order valence-corrected chi connectivity index (χ2v) is 3.84. The number of anilines is 2. The minimum absolute atomic E-state index is 0.377. The van der Waals surface area contributed by atoms with Gasteiger partial charge in [-0.3, -0.25) is 0 Å². The van der Waals surface area contributed by atoms with Crippen molar-refractivity contribution in [2.75, 3.05) is 19.5 Å². The second kappa shape index (κ2) is 5.55. The van der Waals surface area contributed by atoms with Crippen LogP contribution in [-0.4, -0.2) is 24.2 Å². The van der Waals surface area contributed by atoms with Crippen LogP contribution in [-0.2, 0) is 0 Å². The van der Waals surface area contributed by atoms with Crippen molar-refractivity contribution >= 4 is 23.1 Å². The third kappa shape index (κ3) is 3.01. The number of nitrogens with one attached hydrogen (secondary N) is 1. The van der Waals surface area contributed by atoms with Crippen LogP contribution in [0.1, 0.15) is 0 Å². The van der Waals surface area contributed by atoms with E-state index < -0.39 is 0 Å². The molecule has 0 saturated carbocycles. The molecule has 0 radical (unpaired) electrons. The molecule has 0 aliphatic carbocycles. The Morgan fingerprint density at radius 3 is 2.22 bits per heavy atom. The fourth-order valence-electron chi connectivity index (χ4n) is 1.43. The molecule has 0 aliphatic heterocycles. The number of nitrogens with zero attached hydrogens (tertiary/aromatic N) is 2. The average molecular weight is 266 g/mol. The summed E-state index contributed by atoms with van der Waals surface area (Å²) in [4.78, 5) is 7.87. The first kappa shape index (κ1) is 12.4. The fourth-order valence-corrected chi connectivity index (χ4v) is 1.58. The van der Waals surface area contributed by atoms with Crippen molar-refractivity contribution in [2.24, 2.45) is 0 Å². The van der Waals surface area contributed by atoms with E-state index >= 15 is 0 Å². The summed E-state index contributed by atoms with van der Waals surface area (Å²) in [5.74, 6) is 1.99. The van der Waals surface area contributed by atoms with Gasteiger partial charge < -0.3 is 14.8 Å². The second-order valence-electron chi connectivity index (χ2n) is 3.45. The Morgan fingerprint density at radius 2 is 1.67 bits per heavy atom. The van der Waals surface area contributed by atoms with Gasteiger partial charge in [0.2, 0.25) is 0 Å². The Bertz CT molecular complexity index is 526. The van der Waals surface area contributed by atoms with Crippen molar-refractivity contribution in [3.63, 3.8) is 0 Å². The minimum Gasteiger partial charge on any atom is -0.497 e. The third-order valence-electron chi connectivity index (χ3n) is 2.26. The molecule has 18 heavy (non-hydrogen) atoms. The molecule has 0 atom stereocenters. The Kier molecular flexibility index (Phi) is 3.84. The maximum atomic E-state index is 5.79. The van der Waals surface area contributed by atoms with Gasteiger partial charge in [0.15, 0.2) is 0 Å². The molecule has 94 valence electrons. The normalized spacial score (nSPS) is 9.94. The van der Waals surface area contributed by atoms with Gasteiger partial charge in [0.05, 0.1) is 14.2 Å². The van der Waals surface area contributed by atoms with E-state index in [0.29, 0.717) is 22.5 Å². The highest BCUT2D eigenvalue weighted by atomic mass is 35.5. The van der Waals surface area contributed by atoms with Crippen molar-refractivity contribution in [2.45, 2.75) is 0 Å². The summed E-state index contributed by atoms with van der Waals surface area (Å²) in [6.07, 6.45) is 1.39. The molecule has 0 saturated heterocycles. The topological polar surface area (TPSA) is 56.3 Å². The maximum absolute atomic E-state index is 5.79. The van der Waals surface area contributed by atoms with Gasteiger partial charge in [0.1, 0.15) is 28.8 Å². The summed E-state index contributed by atoms with van der Waals surface area (Å²) in [7, 11) is 3.19. The van der Waals surface area contributed by atoms with Gasteiger partial charge in [-0.1, -0.05) is 11.6 Å². The van der Waals surface area contributed by atoms with Gasteiger partial charge >= 0.3 is 0 Å². The zero-order valence-electron chi connectivity index (χ0n) is 9.98. The maximum Gasteiger partial charge on any atom is 0.135 e. The molecule has 2 aromatic rings. The molecule has 1 aromatic heterocycles. The lowest BCUT2D eigenvalue weighted by molar-refractivity contribution is 0.395. The molecule has 5 nitrogen and oxygen atoms in total. The molecular formula is C12H12ClN3O2. The number of methoxy groups -OCH3 is 2. The van der Waals surface area contributed by atoms with Crippen LogP contribution < -0.4 is 14.8 Å². The molecule has 1 N–H and O–H groups in total. The lowest BCUT2D eigenvalue weighted by Crippen LogP contribution is -1.96. The predicted octanol–water partition coefficient (Wildman–Crippen LogP) is 2.89. The Labute approximate surface area is 110 Å². The van der Waals surface area contributed by atoms with Crippen molar-refractivity contribution in [1.82, 2.24) is 9.97 Å². The van der Waals surface area contributed by atoms with E-state index in [2.05, 4.69) is 15.3 Å². The zero-order chi connectivity index (χ0) is 13.0. The number of hydrogen-bond acceptors (Lipinski definition) is 5. The molecule has 2 rings (SSSR count). The van der Waals surface area contributed by atoms with Crippen molar-refractivity contribution in [3.05, 3.63) is 35.7 Å². The van der Waals surface area contributed by atoms with E-state index in [-0.39, 0.29) is 0 Å². The fraction of sp³-hybridized carbons (Fsp3) is 0.167. The number of benzene rings is 1. The van der Waals surface area contributed by atoms with E-state index in [1.54, 1.807) is 26.4 Å². The number of rotatable bonds is 4. The molecule has 6 heteroatoms. The molecule has 1 heterocycles. The summed E-state index contributed by atoms with van der Waals surface area (Å²) in [6.45, 7) is 0. The summed E-state index contributed by atoms with van der Waals surface area (Å²) >= 11 is 5.79. The van der Waals surface area contributed by atoms with E-state index in [0.717, 1.165) is 5.69 Å².